The molecule has 1 aromatic carbocycles. The maximum absolute atomic E-state index is 10.2. The van der Waals surface area contributed by atoms with Gasteiger partial charge in [-0.2, -0.15) is 0 Å². The van der Waals surface area contributed by atoms with Crippen molar-refractivity contribution in [3.63, 3.8) is 0 Å². The molecule has 0 spiro atoms. The Bertz CT molecular complexity index is 364. The van der Waals surface area contributed by atoms with Crippen LogP contribution in [0, 0.1) is 0 Å². The lowest BCUT2D eigenvalue weighted by Gasteiger charge is -2.22. The average molecular weight is 222 g/mol. The number of carbonyl (C=O) groups is 1. The van der Waals surface area contributed by atoms with Gasteiger partial charge in [-0.05, 0) is 16.5 Å². The van der Waals surface area contributed by atoms with Crippen molar-refractivity contribution in [3.8, 4) is 0 Å². The van der Waals surface area contributed by atoms with Gasteiger partial charge < -0.3 is 9.84 Å². The fourth-order valence-electron chi connectivity index (χ4n) is 1.72. The van der Waals surface area contributed by atoms with Gasteiger partial charge in [-0.25, -0.2) is 4.79 Å². The first-order chi connectivity index (χ1) is 7.41. The lowest BCUT2D eigenvalue weighted by atomic mass is 9.83. The van der Waals surface area contributed by atoms with Crippen LogP contribution < -0.4 is 0 Å². The zero-order valence-electron chi connectivity index (χ0n) is 9.99. The molecule has 0 aliphatic heterocycles. The standard InChI is InChI=1S/C13H18O3/c1-13(2,3)11-7-5-4-6-10(11)8-9-16-12(14)15/h4-7H,8-9H2,1-3H3,(H,14,15). The normalized spacial score (nSPS) is 11.2. The smallest absolute Gasteiger partial charge is 0.450 e. The van der Waals surface area contributed by atoms with E-state index in [1.165, 1.54) is 5.56 Å². The van der Waals surface area contributed by atoms with E-state index in [9.17, 15) is 4.79 Å². The summed E-state index contributed by atoms with van der Waals surface area (Å²) in [6, 6.07) is 8.06. The van der Waals surface area contributed by atoms with Gasteiger partial charge in [0.05, 0.1) is 6.61 Å². The zero-order chi connectivity index (χ0) is 12.2. The zero-order valence-corrected chi connectivity index (χ0v) is 9.99. The van der Waals surface area contributed by atoms with Crippen LogP contribution in [-0.2, 0) is 16.6 Å². The van der Waals surface area contributed by atoms with Crippen LogP contribution >= 0.6 is 0 Å². The predicted molar refractivity (Wildman–Crippen MR) is 62.8 cm³/mol. The van der Waals surface area contributed by atoms with E-state index < -0.39 is 6.16 Å². The van der Waals surface area contributed by atoms with Gasteiger partial charge in [0.1, 0.15) is 0 Å². The SMILES string of the molecule is CC(C)(C)c1ccccc1CCOC(=O)O. The van der Waals surface area contributed by atoms with E-state index in [4.69, 9.17) is 5.11 Å². The van der Waals surface area contributed by atoms with E-state index in [0.717, 1.165) is 5.56 Å². The van der Waals surface area contributed by atoms with Gasteiger partial charge in [-0.15, -0.1) is 0 Å². The van der Waals surface area contributed by atoms with Gasteiger partial charge >= 0.3 is 6.16 Å². The van der Waals surface area contributed by atoms with Gasteiger partial charge in [0.25, 0.3) is 0 Å². The van der Waals surface area contributed by atoms with E-state index in [-0.39, 0.29) is 12.0 Å². The molecule has 0 aromatic heterocycles. The molecule has 0 atom stereocenters. The van der Waals surface area contributed by atoms with Gasteiger partial charge in [0.2, 0.25) is 0 Å². The Hall–Kier alpha value is -1.51. The molecule has 0 aliphatic rings. The predicted octanol–water partition coefficient (Wildman–Crippen LogP) is 3.22. The summed E-state index contributed by atoms with van der Waals surface area (Å²) in [5.74, 6) is 0. The van der Waals surface area contributed by atoms with Crippen molar-refractivity contribution in [3.05, 3.63) is 35.4 Å². The van der Waals surface area contributed by atoms with Crippen LogP contribution in [0.15, 0.2) is 24.3 Å². The molecule has 1 rings (SSSR count). The first kappa shape index (κ1) is 12.6. The summed E-state index contributed by atoms with van der Waals surface area (Å²) in [4.78, 5) is 10.2. The molecule has 1 N–H and O–H groups in total. The molecule has 0 aliphatic carbocycles. The third-order valence-corrected chi connectivity index (χ3v) is 2.42. The van der Waals surface area contributed by atoms with Crippen LogP contribution in [0.5, 0.6) is 0 Å². The molecule has 1 aromatic rings. The van der Waals surface area contributed by atoms with Crippen molar-refractivity contribution in [2.24, 2.45) is 0 Å². The first-order valence-corrected chi connectivity index (χ1v) is 5.35. The molecule has 0 heterocycles. The summed E-state index contributed by atoms with van der Waals surface area (Å²) >= 11 is 0. The Morgan fingerprint density at radius 1 is 1.31 bits per heavy atom. The summed E-state index contributed by atoms with van der Waals surface area (Å²) in [6.45, 7) is 6.64. The van der Waals surface area contributed by atoms with Crippen LogP contribution in [0.2, 0.25) is 0 Å². The Morgan fingerprint density at radius 3 is 2.50 bits per heavy atom. The van der Waals surface area contributed by atoms with Crippen molar-refractivity contribution in [1.29, 1.82) is 0 Å². The highest BCUT2D eigenvalue weighted by Crippen LogP contribution is 2.25. The highest BCUT2D eigenvalue weighted by molar-refractivity contribution is 5.56. The molecule has 0 saturated heterocycles. The van der Waals surface area contributed by atoms with Crippen molar-refractivity contribution >= 4 is 6.16 Å². The lowest BCUT2D eigenvalue weighted by Crippen LogP contribution is -2.15. The molecule has 3 heteroatoms. The fraction of sp³-hybridized carbons (Fsp3) is 0.462. The maximum atomic E-state index is 10.2. The molecule has 88 valence electrons. The van der Waals surface area contributed by atoms with E-state index in [2.05, 4.69) is 31.6 Å². The van der Waals surface area contributed by atoms with Gasteiger partial charge in [0.15, 0.2) is 0 Å². The summed E-state index contributed by atoms with van der Waals surface area (Å²) in [5, 5.41) is 8.40. The molecule has 0 fully saturated rings. The van der Waals surface area contributed by atoms with Crippen molar-refractivity contribution in [2.75, 3.05) is 6.61 Å². The summed E-state index contributed by atoms with van der Waals surface area (Å²) in [7, 11) is 0. The fourth-order valence-corrected chi connectivity index (χ4v) is 1.72. The van der Waals surface area contributed by atoms with Crippen LogP contribution in [0.3, 0.4) is 0 Å². The van der Waals surface area contributed by atoms with Crippen molar-refractivity contribution in [2.45, 2.75) is 32.6 Å². The second-order valence-corrected chi connectivity index (χ2v) is 4.77. The van der Waals surface area contributed by atoms with Crippen LogP contribution in [0.25, 0.3) is 0 Å². The summed E-state index contributed by atoms with van der Waals surface area (Å²) in [5.41, 5.74) is 2.46. The van der Waals surface area contributed by atoms with Crippen molar-refractivity contribution in [1.82, 2.24) is 0 Å². The Labute approximate surface area is 96.1 Å². The quantitative estimate of drug-likeness (QED) is 0.799. The molecule has 0 saturated carbocycles. The highest BCUT2D eigenvalue weighted by Gasteiger charge is 2.17. The van der Waals surface area contributed by atoms with Crippen LogP contribution in [-0.4, -0.2) is 17.9 Å². The minimum atomic E-state index is -1.21. The Kier molecular flexibility index (Phi) is 3.93. The van der Waals surface area contributed by atoms with E-state index >= 15 is 0 Å². The monoisotopic (exact) mass is 222 g/mol. The lowest BCUT2D eigenvalue weighted by molar-refractivity contribution is 0.0926. The Balaban J connectivity index is 2.76. The summed E-state index contributed by atoms with van der Waals surface area (Å²) < 4.78 is 4.53. The molecule has 0 unspecified atom stereocenters. The number of hydrogen-bond donors (Lipinski definition) is 1. The summed E-state index contributed by atoms with van der Waals surface area (Å²) in [6.07, 6.45) is -0.590. The molecule has 0 radical (unpaired) electrons. The van der Waals surface area contributed by atoms with E-state index in [1.807, 2.05) is 18.2 Å². The Morgan fingerprint density at radius 2 is 1.94 bits per heavy atom. The molecular weight excluding hydrogens is 204 g/mol. The highest BCUT2D eigenvalue weighted by atomic mass is 16.7. The number of rotatable bonds is 3. The minimum absolute atomic E-state index is 0.0693. The molecule has 0 bridgehead atoms. The van der Waals surface area contributed by atoms with Gasteiger partial charge in [-0.1, -0.05) is 45.0 Å². The third kappa shape index (κ3) is 3.57. The van der Waals surface area contributed by atoms with E-state index in [0.29, 0.717) is 6.42 Å². The topological polar surface area (TPSA) is 46.5 Å². The number of hydrogen-bond acceptors (Lipinski definition) is 2. The van der Waals surface area contributed by atoms with Gasteiger partial charge in [-0.3, -0.25) is 0 Å². The number of carboxylic acid groups (broad SMARTS) is 1. The molecular formula is C13H18O3. The molecule has 3 nitrogen and oxygen atoms in total. The molecule has 16 heavy (non-hydrogen) atoms. The van der Waals surface area contributed by atoms with Crippen molar-refractivity contribution < 1.29 is 14.6 Å². The van der Waals surface area contributed by atoms with E-state index in [1.54, 1.807) is 0 Å². The van der Waals surface area contributed by atoms with Gasteiger partial charge in [0, 0.05) is 6.42 Å². The first-order valence-electron chi connectivity index (χ1n) is 5.35. The largest absolute Gasteiger partial charge is 0.505 e. The van der Waals surface area contributed by atoms with Crippen LogP contribution in [0.1, 0.15) is 31.9 Å². The molecule has 0 amide bonds. The maximum Gasteiger partial charge on any atom is 0.505 e. The third-order valence-electron chi connectivity index (χ3n) is 2.42. The van der Waals surface area contributed by atoms with Crippen LogP contribution in [0.4, 0.5) is 4.79 Å². The second-order valence-electron chi connectivity index (χ2n) is 4.77. The minimum Gasteiger partial charge on any atom is -0.450 e. The number of benzene rings is 1. The second kappa shape index (κ2) is 5.01. The average Bonchev–Trinajstić information content (AvgIpc) is 2.16. The number of ether oxygens (including phenoxy) is 1.